The van der Waals surface area contributed by atoms with Gasteiger partial charge >= 0.3 is 6.18 Å². The molecule has 0 bridgehead atoms. The summed E-state index contributed by atoms with van der Waals surface area (Å²) in [6.45, 7) is 0. The van der Waals surface area contributed by atoms with E-state index in [0.717, 1.165) is 28.4 Å². The van der Waals surface area contributed by atoms with E-state index in [1.165, 1.54) is 18.2 Å². The lowest BCUT2D eigenvalue weighted by molar-refractivity contribution is -0.139. The van der Waals surface area contributed by atoms with E-state index in [-0.39, 0.29) is 18.4 Å². The van der Waals surface area contributed by atoms with E-state index in [1.807, 2.05) is 30.3 Å². The van der Waals surface area contributed by atoms with Crippen LogP contribution in [0.4, 0.5) is 40.4 Å². The number of halogens is 6. The second-order valence-electron chi connectivity index (χ2n) is 15.2. The third-order valence-electron chi connectivity index (χ3n) is 12.1. The van der Waals surface area contributed by atoms with E-state index >= 15 is 9.18 Å². The Morgan fingerprint density at radius 1 is 0.817 bits per heavy atom. The topological polar surface area (TPSA) is 132 Å². The van der Waals surface area contributed by atoms with E-state index in [9.17, 15) is 32.7 Å². The van der Waals surface area contributed by atoms with Crippen LogP contribution in [0.5, 0.6) is 5.75 Å². The Morgan fingerprint density at radius 2 is 1.52 bits per heavy atom. The van der Waals surface area contributed by atoms with Gasteiger partial charge in [-0.2, -0.15) is 18.2 Å². The average molecular weight is 857 g/mol. The number of imide groups is 2. The lowest BCUT2D eigenvalue weighted by Gasteiger charge is -2.50. The third kappa shape index (κ3) is 6.19. The molecule has 0 radical (unpaired) electrons. The van der Waals surface area contributed by atoms with Crippen LogP contribution in [0.3, 0.4) is 0 Å². The molecule has 4 amide bonds. The number of allylic oxidation sites excluding steroid dienone is 2. The number of hydrazine groups is 1. The van der Waals surface area contributed by atoms with E-state index in [0.29, 0.717) is 39.1 Å². The maximum Gasteiger partial charge on any atom is 0.417 e. The highest BCUT2D eigenvalue weighted by Gasteiger charge is 2.70. The van der Waals surface area contributed by atoms with Gasteiger partial charge in [-0.1, -0.05) is 71.2 Å². The van der Waals surface area contributed by atoms with Crippen molar-refractivity contribution in [1.29, 1.82) is 0 Å². The number of amides is 4. The van der Waals surface area contributed by atoms with Crippen LogP contribution in [0.15, 0.2) is 121 Å². The highest BCUT2D eigenvalue weighted by molar-refractivity contribution is 6.33. The standard InChI is InChI=1S/C44H31Cl2F4N5O5/c45-25-9-7-23(8-10-25)43-32(40(58)55(42(43)60)53-38-33(46)19-24(21-51-38)44(48,49)50)20-31-29(37(43)22-6-17-35(56)34(47)18-22)15-16-30-36(31)41(59)54(39(30)57)28-13-11-27(12-14-28)52-26-4-2-1-3-5-26/h1-15,17-19,21,30-32,36-37,52,56H,16,20H2,(H,51,53). The van der Waals surface area contributed by atoms with Crippen molar-refractivity contribution in [3.8, 4) is 5.75 Å². The number of phenols is 1. The number of alkyl halides is 3. The first-order valence-electron chi connectivity index (χ1n) is 18.8. The first-order chi connectivity index (χ1) is 28.7. The van der Waals surface area contributed by atoms with Crippen LogP contribution < -0.4 is 15.6 Å². The molecule has 10 nitrogen and oxygen atoms in total. The number of hydrogen-bond acceptors (Lipinski definition) is 8. The number of carbonyl (C=O) groups excluding carboxylic acids is 4. The minimum atomic E-state index is -4.78. The van der Waals surface area contributed by atoms with Crippen LogP contribution in [-0.2, 0) is 30.8 Å². The summed E-state index contributed by atoms with van der Waals surface area (Å²) in [4.78, 5) is 64.0. The minimum Gasteiger partial charge on any atom is -0.505 e. The van der Waals surface area contributed by atoms with Gasteiger partial charge < -0.3 is 10.4 Å². The fourth-order valence-electron chi connectivity index (χ4n) is 9.50. The number of hydrogen-bond donors (Lipinski definition) is 3. The number of aromatic hydroxyl groups is 1. The summed E-state index contributed by atoms with van der Waals surface area (Å²) in [5.74, 6) is -9.83. The Morgan fingerprint density at radius 3 is 2.18 bits per heavy atom. The molecular formula is C44H31Cl2F4N5O5. The summed E-state index contributed by atoms with van der Waals surface area (Å²) < 4.78 is 56.0. The molecule has 60 heavy (non-hydrogen) atoms. The normalized spacial score (nSPS) is 24.8. The number of rotatable bonds is 7. The van der Waals surface area contributed by atoms with Gasteiger partial charge in [0, 0.05) is 28.5 Å². The number of carbonyl (C=O) groups is 4. The van der Waals surface area contributed by atoms with Gasteiger partial charge in [0.2, 0.25) is 11.8 Å². The molecular weight excluding hydrogens is 825 g/mol. The smallest absolute Gasteiger partial charge is 0.417 e. The number of aromatic nitrogens is 1. The van der Waals surface area contributed by atoms with Crippen LogP contribution in [0.1, 0.15) is 35.4 Å². The van der Waals surface area contributed by atoms with Crippen LogP contribution in [0.2, 0.25) is 10.0 Å². The lowest BCUT2D eigenvalue weighted by Crippen LogP contribution is -2.53. The minimum absolute atomic E-state index is 0.0822. The average Bonchev–Trinajstić information content (AvgIpc) is 3.60. The fourth-order valence-corrected chi connectivity index (χ4v) is 9.83. The Bertz CT molecular complexity index is 2630. The molecule has 6 atom stereocenters. The summed E-state index contributed by atoms with van der Waals surface area (Å²) in [5.41, 5.74) is 2.41. The summed E-state index contributed by atoms with van der Waals surface area (Å²) >= 11 is 12.6. The van der Waals surface area contributed by atoms with E-state index in [4.69, 9.17) is 23.2 Å². The van der Waals surface area contributed by atoms with Gasteiger partial charge in [-0.05, 0) is 96.6 Å². The molecule has 3 heterocycles. The molecule has 4 aromatic carbocycles. The monoisotopic (exact) mass is 855 g/mol. The van der Waals surface area contributed by atoms with Crippen LogP contribution in [-0.4, -0.2) is 38.7 Å². The van der Waals surface area contributed by atoms with Gasteiger partial charge in [0.1, 0.15) is 0 Å². The summed E-state index contributed by atoms with van der Waals surface area (Å²) in [7, 11) is 0. The van der Waals surface area contributed by atoms with Crippen molar-refractivity contribution in [2.24, 2.45) is 23.7 Å². The molecule has 1 aromatic heterocycles. The molecule has 3 fully saturated rings. The third-order valence-corrected chi connectivity index (χ3v) is 12.6. The van der Waals surface area contributed by atoms with Crippen molar-refractivity contribution >= 4 is 69.7 Å². The second kappa shape index (κ2) is 14.5. The zero-order chi connectivity index (χ0) is 42.2. The molecule has 6 unspecified atom stereocenters. The highest BCUT2D eigenvalue weighted by Crippen LogP contribution is 2.64. The van der Waals surface area contributed by atoms with Crippen molar-refractivity contribution in [3.63, 3.8) is 0 Å². The Balaban J connectivity index is 1.15. The van der Waals surface area contributed by atoms with E-state index in [2.05, 4.69) is 15.7 Å². The number of nitrogens with zero attached hydrogens (tertiary/aromatic N) is 3. The predicted octanol–water partition coefficient (Wildman–Crippen LogP) is 9.18. The number of anilines is 4. The number of benzene rings is 4. The number of para-hydroxylation sites is 1. The first kappa shape index (κ1) is 39.2. The molecule has 0 spiro atoms. The number of pyridine rings is 1. The van der Waals surface area contributed by atoms with Gasteiger partial charge in [0.05, 0.1) is 39.4 Å². The van der Waals surface area contributed by atoms with E-state index < -0.39 is 92.8 Å². The lowest BCUT2D eigenvalue weighted by atomic mass is 9.49. The predicted molar refractivity (Wildman–Crippen MR) is 214 cm³/mol. The van der Waals surface area contributed by atoms with Crippen LogP contribution in [0.25, 0.3) is 0 Å². The van der Waals surface area contributed by atoms with Crippen molar-refractivity contribution in [2.75, 3.05) is 15.6 Å². The molecule has 5 aromatic rings. The van der Waals surface area contributed by atoms with Crippen molar-refractivity contribution in [3.05, 3.63) is 154 Å². The van der Waals surface area contributed by atoms with Gasteiger partial charge in [-0.25, -0.2) is 9.37 Å². The molecule has 9 rings (SSSR count). The largest absolute Gasteiger partial charge is 0.505 e. The maximum atomic E-state index is 15.4. The van der Waals surface area contributed by atoms with Crippen molar-refractivity contribution in [1.82, 2.24) is 9.99 Å². The van der Waals surface area contributed by atoms with Crippen LogP contribution in [0, 0.1) is 29.5 Å². The number of phenolic OH excluding ortho intramolecular Hbond substituents is 1. The molecule has 3 N–H and O–H groups in total. The van der Waals surface area contributed by atoms with Gasteiger partial charge in [0.15, 0.2) is 17.4 Å². The summed E-state index contributed by atoms with van der Waals surface area (Å²) in [5, 5.41) is 14.0. The second-order valence-corrected chi connectivity index (χ2v) is 16.0. The summed E-state index contributed by atoms with van der Waals surface area (Å²) in [6.07, 6.45) is -2.55. The number of nitrogens with one attached hydrogen (secondary N) is 2. The molecule has 1 saturated carbocycles. The highest BCUT2D eigenvalue weighted by atomic mass is 35.5. The number of fused-ring (bicyclic) bond motifs is 4. The summed E-state index contributed by atoms with van der Waals surface area (Å²) in [6, 6.07) is 26.6. The molecule has 304 valence electrons. The van der Waals surface area contributed by atoms with Gasteiger partial charge in [-0.15, -0.1) is 0 Å². The van der Waals surface area contributed by atoms with Gasteiger partial charge in [0.25, 0.3) is 11.8 Å². The maximum absolute atomic E-state index is 15.4. The fraction of sp³-hybridized carbons (Fsp3) is 0.205. The van der Waals surface area contributed by atoms with Crippen LogP contribution >= 0.6 is 23.2 Å². The molecule has 2 aliphatic carbocycles. The van der Waals surface area contributed by atoms with Crippen molar-refractivity contribution in [2.45, 2.75) is 30.4 Å². The molecule has 2 aliphatic heterocycles. The Kier molecular flexibility index (Phi) is 9.47. The zero-order valence-electron chi connectivity index (χ0n) is 31.0. The molecule has 2 saturated heterocycles. The van der Waals surface area contributed by atoms with Gasteiger partial charge in [-0.3, -0.25) is 29.5 Å². The Hall–Kier alpha value is -6.25. The van der Waals surface area contributed by atoms with Crippen molar-refractivity contribution < 1.29 is 41.8 Å². The SMILES string of the molecule is O=C1C2CC3C(=CCC4C(=O)N(c5ccc(Nc6ccccc6)cc5)C(=O)C43)C(c3ccc(O)c(F)c3)C2(c2ccc(Cl)cc2)C(=O)N1Nc1ncc(C(F)(F)F)cc1Cl. The molecule has 16 heteroatoms. The first-order valence-corrected chi connectivity index (χ1v) is 19.6. The quantitative estimate of drug-likeness (QED) is 0.0840. The van der Waals surface area contributed by atoms with E-state index in [1.54, 1.807) is 42.5 Å². The zero-order valence-corrected chi connectivity index (χ0v) is 32.5. The Labute approximate surface area is 349 Å². The molecule has 4 aliphatic rings.